The van der Waals surface area contributed by atoms with E-state index in [0.717, 1.165) is 12.2 Å². The number of hydrogen-bond donors (Lipinski definition) is 3. The Bertz CT molecular complexity index is 353. The number of anilines is 1. The maximum Gasteiger partial charge on any atom is 0.0643 e. The van der Waals surface area contributed by atoms with Gasteiger partial charge in [0.2, 0.25) is 0 Å². The van der Waals surface area contributed by atoms with E-state index in [1.54, 1.807) is 0 Å². The minimum Gasteiger partial charge on any atom is -0.304 e. The highest BCUT2D eigenvalue weighted by Gasteiger charge is 2.27. The Morgan fingerprint density at radius 1 is 1.40 bits per heavy atom. The van der Waals surface area contributed by atoms with Gasteiger partial charge in [-0.25, -0.2) is 11.0 Å². The summed E-state index contributed by atoms with van der Waals surface area (Å²) in [5, 5.41) is 6.30. The van der Waals surface area contributed by atoms with Crippen molar-refractivity contribution in [3.8, 4) is 0 Å². The minimum absolute atomic E-state index is 0.103. The van der Waals surface area contributed by atoms with Gasteiger partial charge < -0.3 is 5.01 Å². The summed E-state index contributed by atoms with van der Waals surface area (Å²) in [6.07, 6.45) is 0. The van der Waals surface area contributed by atoms with Gasteiger partial charge in [0.1, 0.15) is 0 Å². The van der Waals surface area contributed by atoms with Crippen LogP contribution in [0.3, 0.4) is 0 Å². The molecule has 1 heterocycles. The van der Waals surface area contributed by atoms with Crippen LogP contribution in [0.5, 0.6) is 0 Å². The van der Waals surface area contributed by atoms with Crippen molar-refractivity contribution < 1.29 is 0 Å². The third-order valence-corrected chi connectivity index (χ3v) is 3.62. The molecule has 1 unspecified atom stereocenters. The first-order valence-electron chi connectivity index (χ1n) is 4.99. The lowest BCUT2D eigenvalue weighted by Gasteiger charge is -2.39. The molecule has 4 nitrogen and oxygen atoms in total. The molecule has 0 amide bonds. The summed E-state index contributed by atoms with van der Waals surface area (Å²) in [4.78, 5) is 0. The van der Waals surface area contributed by atoms with Crippen LogP contribution in [0, 0.1) is 0 Å². The molecule has 2 rings (SSSR count). The third kappa shape index (κ3) is 2.13. The normalized spacial score (nSPS) is 21.9. The summed E-state index contributed by atoms with van der Waals surface area (Å²) in [7, 11) is 0.541. The molecule has 0 spiro atoms. The van der Waals surface area contributed by atoms with Crippen LogP contribution in [-0.2, 0) is 0 Å². The Balaban J connectivity index is 2.41. The van der Waals surface area contributed by atoms with Crippen molar-refractivity contribution in [2.45, 2.75) is 19.4 Å². The number of benzene rings is 1. The Kier molecular flexibility index (Phi) is 2.94. The second-order valence-corrected chi connectivity index (χ2v) is 5.34. The fourth-order valence-corrected chi connectivity index (χ4v) is 2.40. The standard InChI is InChI=1S/C10H17N4P/c1-10(2)7-12-13-15-9-6-4-3-5-8(9)14(10)11/h3-6,12-13,15H,7,11H2,1-2H3. The molecule has 0 saturated carbocycles. The number of hydrogen-bond acceptors (Lipinski definition) is 4. The molecule has 5 heteroatoms. The molecule has 1 aromatic carbocycles. The van der Waals surface area contributed by atoms with Gasteiger partial charge in [0.05, 0.1) is 11.2 Å². The van der Waals surface area contributed by atoms with Crippen molar-refractivity contribution in [1.82, 2.24) is 10.6 Å². The summed E-state index contributed by atoms with van der Waals surface area (Å²) in [6.45, 7) is 5.05. The van der Waals surface area contributed by atoms with Crippen molar-refractivity contribution in [3.05, 3.63) is 24.3 Å². The molecule has 1 atom stereocenters. The lowest BCUT2D eigenvalue weighted by molar-refractivity contribution is 0.422. The molecular formula is C10H17N4P. The van der Waals surface area contributed by atoms with Gasteiger partial charge >= 0.3 is 0 Å². The van der Waals surface area contributed by atoms with Crippen molar-refractivity contribution in [2.24, 2.45) is 5.84 Å². The fraction of sp³-hybridized carbons (Fsp3) is 0.400. The highest BCUT2D eigenvalue weighted by Crippen LogP contribution is 2.23. The highest BCUT2D eigenvalue weighted by molar-refractivity contribution is 7.45. The first kappa shape index (κ1) is 10.8. The van der Waals surface area contributed by atoms with Crippen LogP contribution in [0.2, 0.25) is 0 Å². The zero-order chi connectivity index (χ0) is 10.9. The van der Waals surface area contributed by atoms with Crippen LogP contribution >= 0.6 is 8.73 Å². The Labute approximate surface area is 92.0 Å². The average Bonchev–Trinajstić information content (AvgIpc) is 2.22. The largest absolute Gasteiger partial charge is 0.304 e. The first-order valence-corrected chi connectivity index (χ1v) is 5.99. The fourth-order valence-electron chi connectivity index (χ4n) is 1.57. The number of nitrogens with zero attached hydrogens (tertiary/aromatic N) is 1. The monoisotopic (exact) mass is 224 g/mol. The van der Waals surface area contributed by atoms with E-state index in [-0.39, 0.29) is 5.54 Å². The SMILES string of the molecule is CC1(C)CNNPc2ccccc2N1N. The molecule has 0 saturated heterocycles. The first-order chi connectivity index (χ1) is 7.11. The maximum atomic E-state index is 6.16. The number of para-hydroxylation sites is 1. The number of nitrogens with one attached hydrogen (secondary N) is 2. The van der Waals surface area contributed by atoms with Gasteiger partial charge in [0, 0.05) is 11.8 Å². The topological polar surface area (TPSA) is 53.3 Å². The van der Waals surface area contributed by atoms with E-state index in [9.17, 15) is 0 Å². The number of nitrogens with two attached hydrogens (primary N) is 1. The van der Waals surface area contributed by atoms with Crippen LogP contribution in [0.1, 0.15) is 13.8 Å². The lowest BCUT2D eigenvalue weighted by Crippen LogP contribution is -2.58. The molecule has 0 aliphatic carbocycles. The molecule has 1 aromatic rings. The predicted octanol–water partition coefficient (Wildman–Crippen LogP) is 0.472. The van der Waals surface area contributed by atoms with Gasteiger partial charge in [-0.3, -0.25) is 5.43 Å². The molecular weight excluding hydrogens is 207 g/mol. The van der Waals surface area contributed by atoms with Crippen molar-refractivity contribution in [2.75, 3.05) is 11.6 Å². The van der Waals surface area contributed by atoms with Gasteiger partial charge in [-0.2, -0.15) is 0 Å². The maximum absolute atomic E-state index is 6.16. The van der Waals surface area contributed by atoms with Gasteiger partial charge in [-0.1, -0.05) is 18.2 Å². The minimum atomic E-state index is -0.103. The quantitative estimate of drug-likeness (QED) is 0.443. The summed E-state index contributed by atoms with van der Waals surface area (Å²) >= 11 is 0. The van der Waals surface area contributed by atoms with E-state index in [1.807, 2.05) is 17.1 Å². The smallest absolute Gasteiger partial charge is 0.0643 e. The van der Waals surface area contributed by atoms with Crippen LogP contribution in [-0.4, -0.2) is 12.1 Å². The molecule has 0 bridgehead atoms. The molecule has 1 aliphatic rings. The Morgan fingerprint density at radius 2 is 2.13 bits per heavy atom. The van der Waals surface area contributed by atoms with Crippen molar-refractivity contribution in [1.29, 1.82) is 0 Å². The Morgan fingerprint density at radius 3 is 2.93 bits per heavy atom. The number of rotatable bonds is 0. The Hall–Kier alpha value is -0.670. The number of hydrazine groups is 2. The molecule has 0 aromatic heterocycles. The summed E-state index contributed by atoms with van der Waals surface area (Å²) in [5.74, 6) is 6.16. The van der Waals surface area contributed by atoms with E-state index in [2.05, 4.69) is 36.6 Å². The average molecular weight is 224 g/mol. The molecule has 82 valence electrons. The summed E-state index contributed by atoms with van der Waals surface area (Å²) in [6, 6.07) is 8.23. The zero-order valence-corrected chi connectivity index (χ0v) is 10.0. The van der Waals surface area contributed by atoms with Gasteiger partial charge in [-0.05, 0) is 28.6 Å². The second kappa shape index (κ2) is 4.06. The molecule has 1 aliphatic heterocycles. The van der Waals surface area contributed by atoms with E-state index in [4.69, 9.17) is 5.84 Å². The third-order valence-electron chi connectivity index (χ3n) is 2.62. The lowest BCUT2D eigenvalue weighted by atomic mass is 10.0. The summed E-state index contributed by atoms with van der Waals surface area (Å²) in [5.41, 5.74) is 4.19. The van der Waals surface area contributed by atoms with Crippen LogP contribution in [0.4, 0.5) is 5.69 Å². The van der Waals surface area contributed by atoms with Crippen LogP contribution in [0.15, 0.2) is 24.3 Å². The van der Waals surface area contributed by atoms with Gasteiger partial charge in [0.25, 0.3) is 0 Å². The molecule has 0 fully saturated rings. The van der Waals surface area contributed by atoms with E-state index < -0.39 is 0 Å². The number of fused-ring (bicyclic) bond motifs is 1. The van der Waals surface area contributed by atoms with E-state index in [0.29, 0.717) is 8.73 Å². The predicted molar refractivity (Wildman–Crippen MR) is 66.3 cm³/mol. The molecule has 4 N–H and O–H groups in total. The summed E-state index contributed by atoms with van der Waals surface area (Å²) < 4.78 is 0. The van der Waals surface area contributed by atoms with Crippen molar-refractivity contribution in [3.63, 3.8) is 0 Å². The second-order valence-electron chi connectivity index (χ2n) is 4.30. The van der Waals surface area contributed by atoms with Crippen molar-refractivity contribution >= 4 is 19.7 Å². The highest BCUT2D eigenvalue weighted by atomic mass is 31.1. The van der Waals surface area contributed by atoms with Gasteiger partial charge in [-0.15, -0.1) is 0 Å². The zero-order valence-electron chi connectivity index (χ0n) is 9.04. The van der Waals surface area contributed by atoms with Crippen LogP contribution < -0.4 is 26.8 Å². The van der Waals surface area contributed by atoms with E-state index in [1.165, 1.54) is 5.30 Å². The van der Waals surface area contributed by atoms with Gasteiger partial charge in [0.15, 0.2) is 0 Å². The molecule has 15 heavy (non-hydrogen) atoms. The molecule has 0 radical (unpaired) electrons. The van der Waals surface area contributed by atoms with Crippen LogP contribution in [0.25, 0.3) is 0 Å². The van der Waals surface area contributed by atoms with E-state index >= 15 is 0 Å².